The molecule has 0 aliphatic heterocycles. The van der Waals surface area contributed by atoms with E-state index in [1.54, 1.807) is 35.7 Å². The summed E-state index contributed by atoms with van der Waals surface area (Å²) in [5.41, 5.74) is 7.04. The molecule has 0 radical (unpaired) electrons. The van der Waals surface area contributed by atoms with Crippen LogP contribution in [0.15, 0.2) is 31.1 Å². The zero-order valence-corrected chi connectivity index (χ0v) is 6.25. The SMILES string of the molecule is Nc1cncc(-n2cnnc2)c1. The van der Waals surface area contributed by atoms with Crippen LogP contribution in [0.1, 0.15) is 0 Å². The molecule has 0 bridgehead atoms. The molecule has 0 saturated heterocycles. The molecule has 0 spiro atoms. The fourth-order valence-electron chi connectivity index (χ4n) is 0.920. The van der Waals surface area contributed by atoms with E-state index >= 15 is 0 Å². The summed E-state index contributed by atoms with van der Waals surface area (Å²) in [6, 6.07) is 1.80. The zero-order chi connectivity index (χ0) is 8.39. The maximum atomic E-state index is 5.55. The number of hydrogen-bond donors (Lipinski definition) is 1. The second kappa shape index (κ2) is 2.61. The summed E-state index contributed by atoms with van der Waals surface area (Å²) in [5, 5.41) is 7.35. The molecule has 12 heavy (non-hydrogen) atoms. The Balaban J connectivity index is 2.48. The van der Waals surface area contributed by atoms with E-state index in [0.29, 0.717) is 5.69 Å². The topological polar surface area (TPSA) is 69.6 Å². The molecule has 2 heterocycles. The lowest BCUT2D eigenvalue weighted by molar-refractivity contribution is 1.04. The Hall–Kier alpha value is -1.91. The molecule has 2 N–H and O–H groups in total. The van der Waals surface area contributed by atoms with Crippen molar-refractivity contribution >= 4 is 5.69 Å². The lowest BCUT2D eigenvalue weighted by atomic mass is 10.4. The van der Waals surface area contributed by atoms with Gasteiger partial charge in [-0.25, -0.2) is 0 Å². The highest BCUT2D eigenvalue weighted by Gasteiger charge is 1.95. The van der Waals surface area contributed by atoms with Crippen LogP contribution in [0, 0.1) is 0 Å². The Labute approximate surface area is 68.9 Å². The Morgan fingerprint density at radius 1 is 1.17 bits per heavy atom. The van der Waals surface area contributed by atoms with Gasteiger partial charge in [-0.2, -0.15) is 0 Å². The van der Waals surface area contributed by atoms with Crippen molar-refractivity contribution < 1.29 is 0 Å². The number of nitrogen functional groups attached to an aromatic ring is 1. The third kappa shape index (κ3) is 1.12. The van der Waals surface area contributed by atoms with Crippen molar-refractivity contribution in [1.82, 2.24) is 19.7 Å². The van der Waals surface area contributed by atoms with Crippen LogP contribution in [-0.4, -0.2) is 19.7 Å². The molecule has 60 valence electrons. The van der Waals surface area contributed by atoms with Crippen LogP contribution >= 0.6 is 0 Å². The third-order valence-corrected chi connectivity index (χ3v) is 1.46. The second-order valence-electron chi connectivity index (χ2n) is 2.35. The van der Waals surface area contributed by atoms with Gasteiger partial charge in [-0.05, 0) is 6.07 Å². The number of pyridine rings is 1. The van der Waals surface area contributed by atoms with E-state index in [2.05, 4.69) is 15.2 Å². The van der Waals surface area contributed by atoms with Crippen molar-refractivity contribution in [1.29, 1.82) is 0 Å². The number of hydrogen-bond acceptors (Lipinski definition) is 4. The van der Waals surface area contributed by atoms with Crippen LogP contribution in [-0.2, 0) is 0 Å². The predicted molar refractivity (Wildman–Crippen MR) is 43.6 cm³/mol. The van der Waals surface area contributed by atoms with Crippen LogP contribution in [0.3, 0.4) is 0 Å². The lowest BCUT2D eigenvalue weighted by Gasteiger charge is -1.99. The molecule has 2 rings (SSSR count). The summed E-state index contributed by atoms with van der Waals surface area (Å²) >= 11 is 0. The normalized spacial score (nSPS) is 10.0. The molecule has 0 unspecified atom stereocenters. The van der Waals surface area contributed by atoms with Gasteiger partial charge < -0.3 is 5.73 Å². The molecule has 0 amide bonds. The highest BCUT2D eigenvalue weighted by atomic mass is 15.2. The monoisotopic (exact) mass is 161 g/mol. The molecule has 0 aliphatic rings. The molecule has 0 aliphatic carbocycles. The standard InChI is InChI=1S/C7H7N5/c8-6-1-7(3-9-2-6)12-4-10-11-5-12/h1-5H,8H2. The van der Waals surface area contributed by atoms with Crippen LogP contribution in [0.5, 0.6) is 0 Å². The first-order valence-electron chi connectivity index (χ1n) is 3.42. The summed E-state index contributed by atoms with van der Waals surface area (Å²) < 4.78 is 1.74. The maximum absolute atomic E-state index is 5.55. The van der Waals surface area contributed by atoms with Crippen LogP contribution in [0.2, 0.25) is 0 Å². The van der Waals surface area contributed by atoms with Crippen molar-refractivity contribution in [2.45, 2.75) is 0 Å². The Morgan fingerprint density at radius 3 is 2.58 bits per heavy atom. The van der Waals surface area contributed by atoms with E-state index in [4.69, 9.17) is 5.73 Å². The first kappa shape index (κ1) is 6.78. The largest absolute Gasteiger partial charge is 0.397 e. The van der Waals surface area contributed by atoms with Crippen molar-refractivity contribution in [2.75, 3.05) is 5.73 Å². The minimum atomic E-state index is 0.626. The van der Waals surface area contributed by atoms with E-state index < -0.39 is 0 Å². The van der Waals surface area contributed by atoms with Crippen molar-refractivity contribution in [3.05, 3.63) is 31.1 Å². The summed E-state index contributed by atoms with van der Waals surface area (Å²) in [5.74, 6) is 0. The molecule has 0 fully saturated rings. The summed E-state index contributed by atoms with van der Waals surface area (Å²) in [4.78, 5) is 3.94. The van der Waals surface area contributed by atoms with Crippen molar-refractivity contribution in [3.63, 3.8) is 0 Å². The molecule has 5 nitrogen and oxygen atoms in total. The van der Waals surface area contributed by atoms with Gasteiger partial charge in [0.25, 0.3) is 0 Å². The molecule has 5 heteroatoms. The van der Waals surface area contributed by atoms with E-state index in [0.717, 1.165) is 5.69 Å². The van der Waals surface area contributed by atoms with Gasteiger partial charge in [0.15, 0.2) is 0 Å². The van der Waals surface area contributed by atoms with Gasteiger partial charge in [0.05, 0.1) is 17.6 Å². The van der Waals surface area contributed by atoms with Gasteiger partial charge in [-0.1, -0.05) is 0 Å². The third-order valence-electron chi connectivity index (χ3n) is 1.46. The number of rotatable bonds is 1. The maximum Gasteiger partial charge on any atom is 0.123 e. The quantitative estimate of drug-likeness (QED) is 0.650. The number of aromatic nitrogens is 4. The first-order chi connectivity index (χ1) is 5.86. The Kier molecular flexibility index (Phi) is 1.48. The molecule has 0 saturated carbocycles. The molecule has 0 atom stereocenters. The van der Waals surface area contributed by atoms with Gasteiger partial charge in [-0.15, -0.1) is 10.2 Å². The Morgan fingerprint density at radius 2 is 1.92 bits per heavy atom. The summed E-state index contributed by atoms with van der Waals surface area (Å²) in [7, 11) is 0. The van der Waals surface area contributed by atoms with Gasteiger partial charge in [0, 0.05) is 6.20 Å². The first-order valence-corrected chi connectivity index (χ1v) is 3.42. The van der Waals surface area contributed by atoms with Gasteiger partial charge in [0.2, 0.25) is 0 Å². The fraction of sp³-hybridized carbons (Fsp3) is 0. The molecule has 2 aromatic rings. The van der Waals surface area contributed by atoms with Crippen molar-refractivity contribution in [2.24, 2.45) is 0 Å². The number of nitrogens with zero attached hydrogens (tertiary/aromatic N) is 4. The Bertz CT molecular complexity index is 367. The minimum Gasteiger partial charge on any atom is -0.397 e. The predicted octanol–water partition coefficient (Wildman–Crippen LogP) is 0.244. The van der Waals surface area contributed by atoms with Gasteiger partial charge in [0.1, 0.15) is 12.7 Å². The zero-order valence-electron chi connectivity index (χ0n) is 6.25. The van der Waals surface area contributed by atoms with Crippen molar-refractivity contribution in [3.8, 4) is 5.69 Å². The summed E-state index contributed by atoms with van der Waals surface area (Å²) in [6.07, 6.45) is 6.47. The molecular formula is C7H7N5. The summed E-state index contributed by atoms with van der Waals surface area (Å²) in [6.45, 7) is 0. The van der Waals surface area contributed by atoms with E-state index in [1.165, 1.54) is 0 Å². The average molecular weight is 161 g/mol. The van der Waals surface area contributed by atoms with E-state index in [9.17, 15) is 0 Å². The number of nitrogens with two attached hydrogens (primary N) is 1. The van der Waals surface area contributed by atoms with E-state index in [1.807, 2.05) is 0 Å². The van der Waals surface area contributed by atoms with E-state index in [-0.39, 0.29) is 0 Å². The highest BCUT2D eigenvalue weighted by Crippen LogP contribution is 2.07. The van der Waals surface area contributed by atoms with Crippen LogP contribution in [0.4, 0.5) is 5.69 Å². The van der Waals surface area contributed by atoms with Crippen LogP contribution in [0.25, 0.3) is 5.69 Å². The number of anilines is 1. The van der Waals surface area contributed by atoms with Crippen LogP contribution < -0.4 is 5.73 Å². The smallest absolute Gasteiger partial charge is 0.123 e. The average Bonchev–Trinajstić information content (AvgIpc) is 2.56. The molecular weight excluding hydrogens is 154 g/mol. The van der Waals surface area contributed by atoms with Gasteiger partial charge in [-0.3, -0.25) is 9.55 Å². The second-order valence-corrected chi connectivity index (χ2v) is 2.35. The van der Waals surface area contributed by atoms with Gasteiger partial charge >= 0.3 is 0 Å². The fourth-order valence-corrected chi connectivity index (χ4v) is 0.920. The molecule has 0 aromatic carbocycles. The lowest BCUT2D eigenvalue weighted by Crippen LogP contribution is -1.93. The highest BCUT2D eigenvalue weighted by molar-refractivity contribution is 5.43. The minimum absolute atomic E-state index is 0.626. The molecule has 2 aromatic heterocycles.